The van der Waals surface area contributed by atoms with Crippen LogP contribution in [0.1, 0.15) is 18.4 Å². The van der Waals surface area contributed by atoms with E-state index < -0.39 is 37.1 Å². The van der Waals surface area contributed by atoms with Crippen LogP contribution in [0.4, 0.5) is 18.0 Å². The molecule has 0 radical (unpaired) electrons. The van der Waals surface area contributed by atoms with Gasteiger partial charge < -0.3 is 15.2 Å². The van der Waals surface area contributed by atoms with Gasteiger partial charge in [0.2, 0.25) is 0 Å². The van der Waals surface area contributed by atoms with Crippen molar-refractivity contribution in [1.29, 1.82) is 0 Å². The number of benzene rings is 1. The third-order valence-electron chi connectivity index (χ3n) is 2.55. The molecule has 1 amide bonds. The number of amides is 1. The van der Waals surface area contributed by atoms with Crippen LogP contribution in [0.5, 0.6) is 0 Å². The van der Waals surface area contributed by atoms with Crippen LogP contribution in [0.25, 0.3) is 0 Å². The minimum atomic E-state index is -4.73. The minimum Gasteiger partial charge on any atom is -0.481 e. The molecule has 116 valence electrons. The van der Waals surface area contributed by atoms with E-state index in [0.717, 1.165) is 0 Å². The molecule has 1 rings (SSSR count). The van der Waals surface area contributed by atoms with Crippen LogP contribution in [0.15, 0.2) is 30.3 Å². The maximum atomic E-state index is 12.6. The summed E-state index contributed by atoms with van der Waals surface area (Å²) in [5, 5.41) is 10.0. The fraction of sp³-hybridized carbons (Fsp3) is 0.385. The predicted molar refractivity (Wildman–Crippen MR) is 66.5 cm³/mol. The standard InChI is InChI=1S/C13H14F3NO4/c14-13(15,16)10(6-7-11(18)19)17-12(20)21-8-9-4-2-1-3-5-9/h1-5,10H,6-8H2,(H,17,20)(H,18,19). The van der Waals surface area contributed by atoms with E-state index in [2.05, 4.69) is 4.74 Å². The van der Waals surface area contributed by atoms with Crippen molar-refractivity contribution in [3.63, 3.8) is 0 Å². The van der Waals surface area contributed by atoms with Crippen LogP contribution in [0.2, 0.25) is 0 Å². The summed E-state index contributed by atoms with van der Waals surface area (Å²) in [5.41, 5.74) is 0.627. The highest BCUT2D eigenvalue weighted by molar-refractivity contribution is 5.68. The van der Waals surface area contributed by atoms with Crippen LogP contribution in [0.3, 0.4) is 0 Å². The van der Waals surface area contributed by atoms with E-state index in [-0.39, 0.29) is 6.61 Å². The van der Waals surface area contributed by atoms with Crippen molar-refractivity contribution in [2.24, 2.45) is 0 Å². The van der Waals surface area contributed by atoms with Gasteiger partial charge in [0.05, 0.1) is 0 Å². The summed E-state index contributed by atoms with van der Waals surface area (Å²) >= 11 is 0. The zero-order valence-corrected chi connectivity index (χ0v) is 10.9. The van der Waals surface area contributed by atoms with Crippen molar-refractivity contribution in [1.82, 2.24) is 5.32 Å². The Labute approximate surface area is 118 Å². The summed E-state index contributed by atoms with van der Waals surface area (Å²) in [6, 6.07) is 6.19. The molecule has 0 bridgehead atoms. The maximum Gasteiger partial charge on any atom is 0.408 e. The molecule has 0 saturated carbocycles. The zero-order valence-electron chi connectivity index (χ0n) is 10.9. The molecule has 0 aliphatic heterocycles. The molecule has 1 unspecified atom stereocenters. The minimum absolute atomic E-state index is 0.170. The number of alkyl halides is 3. The summed E-state index contributed by atoms with van der Waals surface area (Å²) in [4.78, 5) is 21.7. The molecule has 0 aliphatic rings. The highest BCUT2D eigenvalue weighted by Gasteiger charge is 2.41. The van der Waals surface area contributed by atoms with E-state index in [1.807, 2.05) is 0 Å². The van der Waals surface area contributed by atoms with Gasteiger partial charge in [-0.05, 0) is 12.0 Å². The Bertz CT molecular complexity index is 476. The van der Waals surface area contributed by atoms with Crippen LogP contribution in [0, 0.1) is 0 Å². The number of carboxylic acid groups (broad SMARTS) is 1. The number of ether oxygens (including phenoxy) is 1. The van der Waals surface area contributed by atoms with Gasteiger partial charge in [-0.2, -0.15) is 13.2 Å². The Kier molecular flexibility index (Phi) is 6.01. The number of carbonyl (C=O) groups excluding carboxylic acids is 1. The Morgan fingerprint density at radius 1 is 1.24 bits per heavy atom. The van der Waals surface area contributed by atoms with Crippen molar-refractivity contribution in [2.45, 2.75) is 31.7 Å². The highest BCUT2D eigenvalue weighted by Crippen LogP contribution is 2.23. The molecule has 0 saturated heterocycles. The van der Waals surface area contributed by atoms with Crippen LogP contribution < -0.4 is 5.32 Å². The highest BCUT2D eigenvalue weighted by atomic mass is 19.4. The number of nitrogens with one attached hydrogen (secondary N) is 1. The molecule has 1 aromatic carbocycles. The molecule has 0 heterocycles. The Morgan fingerprint density at radius 3 is 2.38 bits per heavy atom. The first-order valence-corrected chi connectivity index (χ1v) is 6.04. The first kappa shape index (κ1) is 16.8. The lowest BCUT2D eigenvalue weighted by Gasteiger charge is -2.20. The van der Waals surface area contributed by atoms with Gasteiger partial charge in [-0.1, -0.05) is 30.3 Å². The molecule has 0 fully saturated rings. The molecule has 1 aromatic rings. The molecular formula is C13H14F3NO4. The fourth-order valence-electron chi connectivity index (χ4n) is 1.49. The van der Waals surface area contributed by atoms with Gasteiger partial charge in [0, 0.05) is 6.42 Å². The second kappa shape index (κ2) is 7.51. The average molecular weight is 305 g/mol. The summed E-state index contributed by atoms with van der Waals surface area (Å²) < 4.78 is 42.6. The first-order valence-electron chi connectivity index (χ1n) is 6.04. The van der Waals surface area contributed by atoms with Gasteiger partial charge in [0.25, 0.3) is 0 Å². The lowest BCUT2D eigenvalue weighted by Crippen LogP contribution is -2.45. The van der Waals surface area contributed by atoms with E-state index in [0.29, 0.717) is 5.56 Å². The fourth-order valence-corrected chi connectivity index (χ4v) is 1.49. The molecule has 1 atom stereocenters. The summed E-state index contributed by atoms with van der Waals surface area (Å²) in [7, 11) is 0. The van der Waals surface area contributed by atoms with E-state index in [1.165, 1.54) is 0 Å². The lowest BCUT2D eigenvalue weighted by atomic mass is 10.1. The van der Waals surface area contributed by atoms with Crippen molar-refractivity contribution in [2.75, 3.05) is 0 Å². The number of carboxylic acids is 1. The van der Waals surface area contributed by atoms with Gasteiger partial charge in [-0.15, -0.1) is 0 Å². The van der Waals surface area contributed by atoms with Crippen molar-refractivity contribution in [3.8, 4) is 0 Å². The Balaban J connectivity index is 2.50. The molecule has 2 N–H and O–H groups in total. The topological polar surface area (TPSA) is 75.6 Å². The number of alkyl carbamates (subject to hydrolysis) is 1. The normalized spacial score (nSPS) is 12.5. The van der Waals surface area contributed by atoms with E-state index >= 15 is 0 Å². The van der Waals surface area contributed by atoms with Gasteiger partial charge in [-0.25, -0.2) is 4.79 Å². The number of rotatable bonds is 6. The number of hydrogen-bond acceptors (Lipinski definition) is 3. The zero-order chi connectivity index (χ0) is 15.9. The van der Waals surface area contributed by atoms with Gasteiger partial charge >= 0.3 is 18.2 Å². The summed E-state index contributed by atoms with van der Waals surface area (Å²) in [6.07, 6.45) is -7.43. The monoisotopic (exact) mass is 305 g/mol. The second-order valence-corrected chi connectivity index (χ2v) is 4.23. The Morgan fingerprint density at radius 2 is 1.86 bits per heavy atom. The predicted octanol–water partition coefficient (Wildman–Crippen LogP) is 2.71. The third kappa shape index (κ3) is 6.64. The molecule has 21 heavy (non-hydrogen) atoms. The number of hydrogen-bond donors (Lipinski definition) is 2. The van der Waals surface area contributed by atoms with Gasteiger partial charge in [0.1, 0.15) is 12.6 Å². The number of carbonyl (C=O) groups is 2. The molecule has 0 aliphatic carbocycles. The maximum absolute atomic E-state index is 12.6. The lowest BCUT2D eigenvalue weighted by molar-refractivity contribution is -0.158. The molecule has 5 nitrogen and oxygen atoms in total. The van der Waals surface area contributed by atoms with Crippen LogP contribution >= 0.6 is 0 Å². The largest absolute Gasteiger partial charge is 0.481 e. The van der Waals surface area contributed by atoms with Gasteiger partial charge in [-0.3, -0.25) is 4.79 Å². The molecule has 8 heteroatoms. The quantitative estimate of drug-likeness (QED) is 0.847. The second-order valence-electron chi connectivity index (χ2n) is 4.23. The van der Waals surface area contributed by atoms with Crippen molar-refractivity contribution >= 4 is 12.1 Å². The SMILES string of the molecule is O=C(O)CCC(NC(=O)OCc1ccccc1)C(F)(F)F. The van der Waals surface area contributed by atoms with E-state index in [9.17, 15) is 22.8 Å². The smallest absolute Gasteiger partial charge is 0.408 e. The molecular weight excluding hydrogens is 291 g/mol. The van der Waals surface area contributed by atoms with E-state index in [4.69, 9.17) is 5.11 Å². The molecule has 0 spiro atoms. The van der Waals surface area contributed by atoms with Crippen molar-refractivity contribution < 1.29 is 32.6 Å². The van der Waals surface area contributed by atoms with Crippen LogP contribution in [-0.2, 0) is 16.1 Å². The van der Waals surface area contributed by atoms with E-state index in [1.54, 1.807) is 35.6 Å². The summed E-state index contributed by atoms with van der Waals surface area (Å²) in [6.45, 7) is -0.170. The van der Waals surface area contributed by atoms with Crippen LogP contribution in [-0.4, -0.2) is 29.4 Å². The Hall–Kier alpha value is -2.25. The average Bonchev–Trinajstić information content (AvgIpc) is 2.41. The van der Waals surface area contributed by atoms with Crippen molar-refractivity contribution in [3.05, 3.63) is 35.9 Å². The third-order valence-corrected chi connectivity index (χ3v) is 2.55. The first-order chi connectivity index (χ1) is 9.79. The summed E-state index contributed by atoms with van der Waals surface area (Å²) in [5.74, 6) is -1.37. The number of halogens is 3. The number of aliphatic carboxylic acids is 1. The molecule has 0 aromatic heterocycles. The van der Waals surface area contributed by atoms with Gasteiger partial charge in [0.15, 0.2) is 0 Å².